The lowest BCUT2D eigenvalue weighted by molar-refractivity contribution is -0.123. The summed E-state index contributed by atoms with van der Waals surface area (Å²) in [5.41, 5.74) is 0.841. The molecule has 0 unspecified atom stereocenters. The highest BCUT2D eigenvalue weighted by Crippen LogP contribution is 2.27. The van der Waals surface area contributed by atoms with Gasteiger partial charge in [0.2, 0.25) is 0 Å². The van der Waals surface area contributed by atoms with E-state index in [9.17, 15) is 4.79 Å². The summed E-state index contributed by atoms with van der Waals surface area (Å²) in [6.45, 7) is 0.190. The first-order valence-electron chi connectivity index (χ1n) is 6.14. The minimum atomic E-state index is -0.272. The Morgan fingerprint density at radius 3 is 2.57 bits per heavy atom. The summed E-state index contributed by atoms with van der Waals surface area (Å²) < 4.78 is 5.34. The first-order valence-corrected chi connectivity index (χ1v) is 7.27. The predicted octanol–water partition coefficient (Wildman–Crippen LogP) is 4.34. The maximum atomic E-state index is 11.7. The number of amides is 1. The number of hydrogen-bond acceptors (Lipinski definition) is 2. The molecule has 0 saturated carbocycles. The summed E-state index contributed by atoms with van der Waals surface area (Å²) in [6.07, 6.45) is 0. The highest BCUT2D eigenvalue weighted by Gasteiger charge is 2.07. The first-order chi connectivity index (χ1) is 10.1. The van der Waals surface area contributed by atoms with Crippen LogP contribution in [0, 0.1) is 0 Å². The fourth-order valence-electron chi connectivity index (χ4n) is 1.62. The van der Waals surface area contributed by atoms with Gasteiger partial charge in [-0.15, -0.1) is 0 Å². The van der Waals surface area contributed by atoms with Crippen LogP contribution in [-0.2, 0) is 11.3 Å². The van der Waals surface area contributed by atoms with Gasteiger partial charge in [-0.3, -0.25) is 4.79 Å². The van der Waals surface area contributed by atoms with E-state index in [1.165, 1.54) is 0 Å². The van der Waals surface area contributed by atoms with Crippen molar-refractivity contribution in [3.05, 3.63) is 63.1 Å². The Hall–Kier alpha value is -1.42. The molecule has 0 radical (unpaired) electrons. The van der Waals surface area contributed by atoms with Crippen molar-refractivity contribution in [1.29, 1.82) is 0 Å². The van der Waals surface area contributed by atoms with Crippen molar-refractivity contribution in [2.75, 3.05) is 6.61 Å². The number of nitrogens with one attached hydrogen (secondary N) is 1. The van der Waals surface area contributed by atoms with Crippen LogP contribution in [0.25, 0.3) is 0 Å². The summed E-state index contributed by atoms with van der Waals surface area (Å²) in [7, 11) is 0. The van der Waals surface area contributed by atoms with E-state index in [1.54, 1.807) is 24.3 Å². The molecule has 0 heterocycles. The lowest BCUT2D eigenvalue weighted by Crippen LogP contribution is -2.28. The average Bonchev–Trinajstić information content (AvgIpc) is 2.47. The summed E-state index contributed by atoms with van der Waals surface area (Å²) >= 11 is 17.8. The molecule has 2 aromatic rings. The Morgan fingerprint density at radius 2 is 1.81 bits per heavy atom. The van der Waals surface area contributed by atoms with Crippen molar-refractivity contribution in [2.45, 2.75) is 6.54 Å². The number of ether oxygens (including phenoxy) is 1. The van der Waals surface area contributed by atoms with Crippen LogP contribution in [0.4, 0.5) is 0 Å². The van der Waals surface area contributed by atoms with Crippen LogP contribution in [0.1, 0.15) is 5.56 Å². The molecular weight excluding hydrogens is 333 g/mol. The minimum Gasteiger partial charge on any atom is -0.482 e. The molecule has 6 heteroatoms. The van der Waals surface area contributed by atoms with E-state index < -0.39 is 0 Å². The molecule has 1 N–H and O–H groups in total. The molecule has 0 spiro atoms. The Bertz CT molecular complexity index is 647. The number of hydrogen-bond donors (Lipinski definition) is 1. The molecule has 2 aromatic carbocycles. The summed E-state index contributed by atoms with van der Waals surface area (Å²) in [5.74, 6) is 0.100. The third kappa shape index (κ3) is 4.81. The summed E-state index contributed by atoms with van der Waals surface area (Å²) in [4.78, 5) is 11.7. The van der Waals surface area contributed by atoms with Gasteiger partial charge in [0, 0.05) is 22.7 Å². The Labute approximate surface area is 137 Å². The van der Waals surface area contributed by atoms with Gasteiger partial charge in [0.05, 0.1) is 5.02 Å². The highest BCUT2D eigenvalue weighted by molar-refractivity contribution is 6.34. The maximum absolute atomic E-state index is 11.7. The zero-order valence-corrected chi connectivity index (χ0v) is 13.2. The van der Waals surface area contributed by atoms with Crippen molar-refractivity contribution in [2.24, 2.45) is 0 Å². The molecule has 21 heavy (non-hydrogen) atoms. The van der Waals surface area contributed by atoms with Gasteiger partial charge in [-0.25, -0.2) is 0 Å². The van der Waals surface area contributed by atoms with Gasteiger partial charge in [0.15, 0.2) is 6.61 Å². The van der Waals surface area contributed by atoms with Crippen molar-refractivity contribution < 1.29 is 9.53 Å². The van der Waals surface area contributed by atoms with E-state index in [-0.39, 0.29) is 12.5 Å². The monoisotopic (exact) mass is 343 g/mol. The molecule has 0 saturated heterocycles. The van der Waals surface area contributed by atoms with Crippen molar-refractivity contribution >= 4 is 40.7 Å². The second-order valence-electron chi connectivity index (χ2n) is 4.23. The normalized spacial score (nSPS) is 10.2. The maximum Gasteiger partial charge on any atom is 0.258 e. The van der Waals surface area contributed by atoms with E-state index in [0.717, 1.165) is 5.56 Å². The van der Waals surface area contributed by atoms with E-state index >= 15 is 0 Å². The largest absolute Gasteiger partial charge is 0.482 e. The fraction of sp³-hybridized carbons (Fsp3) is 0.133. The molecule has 0 aromatic heterocycles. The van der Waals surface area contributed by atoms with E-state index in [0.29, 0.717) is 27.4 Å². The van der Waals surface area contributed by atoms with Gasteiger partial charge >= 0.3 is 0 Å². The third-order valence-corrected chi connectivity index (χ3v) is 3.60. The van der Waals surface area contributed by atoms with Crippen LogP contribution in [0.2, 0.25) is 15.1 Å². The van der Waals surface area contributed by atoms with Gasteiger partial charge in [0.1, 0.15) is 5.75 Å². The van der Waals surface area contributed by atoms with Crippen molar-refractivity contribution in [3.8, 4) is 5.75 Å². The molecule has 2 rings (SSSR count). The van der Waals surface area contributed by atoms with Crippen LogP contribution < -0.4 is 10.1 Å². The Balaban J connectivity index is 1.85. The standard InChI is InChI=1S/C15H12Cl3NO2/c16-11-5-6-13(18)14(7-11)21-9-15(20)19-8-10-3-1-2-4-12(10)17/h1-7H,8-9H2,(H,19,20). The summed E-state index contributed by atoms with van der Waals surface area (Å²) in [6, 6.07) is 12.1. The zero-order chi connectivity index (χ0) is 15.2. The van der Waals surface area contributed by atoms with Gasteiger partial charge < -0.3 is 10.1 Å². The van der Waals surface area contributed by atoms with E-state index in [2.05, 4.69) is 5.32 Å². The third-order valence-electron chi connectivity index (χ3n) is 2.69. The number of halogens is 3. The van der Waals surface area contributed by atoms with Crippen molar-refractivity contribution in [1.82, 2.24) is 5.32 Å². The molecule has 110 valence electrons. The SMILES string of the molecule is O=C(COc1cc(Cl)ccc1Cl)NCc1ccccc1Cl. The van der Waals surface area contributed by atoms with Crippen LogP contribution >= 0.6 is 34.8 Å². The molecule has 0 bridgehead atoms. The highest BCUT2D eigenvalue weighted by atomic mass is 35.5. The van der Waals surface area contributed by atoms with Crippen LogP contribution in [0.3, 0.4) is 0 Å². The van der Waals surface area contributed by atoms with Crippen LogP contribution in [-0.4, -0.2) is 12.5 Å². The predicted molar refractivity (Wildman–Crippen MR) is 85.3 cm³/mol. The minimum absolute atomic E-state index is 0.148. The number of carbonyl (C=O) groups excluding carboxylic acids is 1. The molecule has 0 aliphatic heterocycles. The van der Waals surface area contributed by atoms with Gasteiger partial charge in [0.25, 0.3) is 5.91 Å². The second kappa shape index (κ2) is 7.55. The van der Waals surface area contributed by atoms with Gasteiger partial charge in [-0.1, -0.05) is 53.0 Å². The Morgan fingerprint density at radius 1 is 1.05 bits per heavy atom. The topological polar surface area (TPSA) is 38.3 Å². The van der Waals surface area contributed by atoms with Crippen LogP contribution in [0.5, 0.6) is 5.75 Å². The van der Waals surface area contributed by atoms with E-state index in [1.807, 2.05) is 18.2 Å². The molecule has 1 amide bonds. The molecule has 0 aliphatic rings. The molecule has 0 fully saturated rings. The quantitative estimate of drug-likeness (QED) is 0.876. The molecule has 0 atom stereocenters. The van der Waals surface area contributed by atoms with Gasteiger partial charge in [-0.05, 0) is 23.8 Å². The fourth-order valence-corrected chi connectivity index (χ4v) is 2.15. The first kappa shape index (κ1) is 16.0. The summed E-state index contributed by atoms with van der Waals surface area (Å²) in [5, 5.41) is 4.22. The van der Waals surface area contributed by atoms with Crippen molar-refractivity contribution in [3.63, 3.8) is 0 Å². The van der Waals surface area contributed by atoms with Gasteiger partial charge in [-0.2, -0.15) is 0 Å². The number of benzene rings is 2. The lowest BCUT2D eigenvalue weighted by Gasteiger charge is -2.09. The average molecular weight is 345 g/mol. The van der Waals surface area contributed by atoms with Crippen LogP contribution in [0.15, 0.2) is 42.5 Å². The smallest absolute Gasteiger partial charge is 0.258 e. The molecule has 0 aliphatic carbocycles. The number of carbonyl (C=O) groups is 1. The van der Waals surface area contributed by atoms with E-state index in [4.69, 9.17) is 39.5 Å². The lowest BCUT2D eigenvalue weighted by atomic mass is 10.2. The Kier molecular flexibility index (Phi) is 5.74. The number of rotatable bonds is 5. The second-order valence-corrected chi connectivity index (χ2v) is 5.48. The zero-order valence-electron chi connectivity index (χ0n) is 10.9. The molecular formula is C15H12Cl3NO2. The molecule has 3 nitrogen and oxygen atoms in total.